The van der Waals surface area contributed by atoms with Crippen LogP contribution in [-0.2, 0) is 0 Å². The van der Waals surface area contributed by atoms with E-state index < -0.39 is 0 Å². The molecule has 0 aromatic rings. The minimum absolute atomic E-state index is 0.458. The summed E-state index contributed by atoms with van der Waals surface area (Å²) in [4.78, 5) is 0. The standard InChI is InChI=1S/C15H30N2/c1-11-6-7-13(10-12(11)2)14(17-16)15(3)8-4-5-9-15/h11-14,17H,4-10,16H2,1-3H3. The van der Waals surface area contributed by atoms with Gasteiger partial charge in [0.15, 0.2) is 0 Å². The molecule has 2 aliphatic rings. The molecule has 100 valence electrons. The summed E-state index contributed by atoms with van der Waals surface area (Å²) in [5.41, 5.74) is 3.65. The van der Waals surface area contributed by atoms with Crippen LogP contribution in [-0.4, -0.2) is 6.04 Å². The lowest BCUT2D eigenvalue weighted by Crippen LogP contribution is -2.52. The van der Waals surface area contributed by atoms with Crippen LogP contribution in [0.2, 0.25) is 0 Å². The number of nitrogens with one attached hydrogen (secondary N) is 1. The van der Waals surface area contributed by atoms with Gasteiger partial charge in [0.25, 0.3) is 0 Å². The van der Waals surface area contributed by atoms with Crippen LogP contribution in [0.3, 0.4) is 0 Å². The molecule has 0 saturated heterocycles. The third-order valence-corrected chi connectivity index (χ3v) is 5.79. The molecule has 0 aromatic heterocycles. The molecule has 2 aliphatic carbocycles. The highest BCUT2D eigenvalue weighted by Crippen LogP contribution is 2.46. The van der Waals surface area contributed by atoms with Gasteiger partial charge in [-0.05, 0) is 48.9 Å². The van der Waals surface area contributed by atoms with Crippen molar-refractivity contribution < 1.29 is 0 Å². The van der Waals surface area contributed by atoms with Gasteiger partial charge < -0.3 is 0 Å². The van der Waals surface area contributed by atoms with Crippen LogP contribution in [0.25, 0.3) is 0 Å². The Kier molecular flexibility index (Phi) is 4.14. The Morgan fingerprint density at radius 1 is 1.12 bits per heavy atom. The topological polar surface area (TPSA) is 38.0 Å². The lowest BCUT2D eigenvalue weighted by molar-refractivity contribution is 0.0951. The first-order valence-electron chi connectivity index (χ1n) is 7.53. The summed E-state index contributed by atoms with van der Waals surface area (Å²) in [6.07, 6.45) is 9.65. The minimum Gasteiger partial charge on any atom is -0.271 e. The third kappa shape index (κ3) is 2.68. The van der Waals surface area contributed by atoms with E-state index in [9.17, 15) is 0 Å². The van der Waals surface area contributed by atoms with E-state index in [1.807, 2.05) is 0 Å². The van der Waals surface area contributed by atoms with E-state index in [2.05, 4.69) is 26.2 Å². The third-order valence-electron chi connectivity index (χ3n) is 5.79. The Morgan fingerprint density at radius 3 is 2.29 bits per heavy atom. The van der Waals surface area contributed by atoms with Crippen molar-refractivity contribution in [1.82, 2.24) is 5.43 Å². The predicted molar refractivity (Wildman–Crippen MR) is 73.4 cm³/mol. The van der Waals surface area contributed by atoms with E-state index in [1.54, 1.807) is 0 Å². The van der Waals surface area contributed by atoms with E-state index in [0.717, 1.165) is 17.8 Å². The van der Waals surface area contributed by atoms with Crippen LogP contribution in [0.5, 0.6) is 0 Å². The summed E-state index contributed by atoms with van der Waals surface area (Å²) in [7, 11) is 0. The molecule has 2 heteroatoms. The molecule has 2 fully saturated rings. The Bertz CT molecular complexity index is 245. The van der Waals surface area contributed by atoms with Gasteiger partial charge >= 0.3 is 0 Å². The summed E-state index contributed by atoms with van der Waals surface area (Å²) >= 11 is 0. The molecule has 0 radical (unpaired) electrons. The maximum atomic E-state index is 5.90. The van der Waals surface area contributed by atoms with Gasteiger partial charge in [-0.15, -0.1) is 0 Å². The van der Waals surface area contributed by atoms with E-state index in [4.69, 9.17) is 5.84 Å². The number of hydrogen-bond acceptors (Lipinski definition) is 2. The summed E-state index contributed by atoms with van der Waals surface area (Å²) in [6, 6.07) is 0.542. The zero-order valence-electron chi connectivity index (χ0n) is 11.8. The van der Waals surface area contributed by atoms with Crippen molar-refractivity contribution in [3.63, 3.8) is 0 Å². The largest absolute Gasteiger partial charge is 0.271 e. The number of rotatable bonds is 3. The van der Waals surface area contributed by atoms with Crippen LogP contribution in [0.15, 0.2) is 0 Å². The van der Waals surface area contributed by atoms with Gasteiger partial charge in [-0.2, -0.15) is 0 Å². The normalized spacial score (nSPS) is 39.2. The molecule has 0 bridgehead atoms. The van der Waals surface area contributed by atoms with Gasteiger partial charge in [0.05, 0.1) is 0 Å². The summed E-state index contributed by atoms with van der Waals surface area (Å²) in [5, 5.41) is 0. The molecule has 3 N–H and O–H groups in total. The fourth-order valence-electron chi connectivity index (χ4n) is 4.29. The Hall–Kier alpha value is -0.0800. The van der Waals surface area contributed by atoms with Crippen LogP contribution >= 0.6 is 0 Å². The number of nitrogens with two attached hydrogens (primary N) is 1. The molecular formula is C15H30N2. The summed E-state index contributed by atoms with van der Waals surface area (Å²) in [6.45, 7) is 7.28. The number of hydrazine groups is 1. The first kappa shape index (κ1) is 13.4. The van der Waals surface area contributed by atoms with Gasteiger partial charge in [0.2, 0.25) is 0 Å². The second-order valence-corrected chi connectivity index (χ2v) is 7.03. The van der Waals surface area contributed by atoms with E-state index >= 15 is 0 Å². The maximum Gasteiger partial charge on any atom is 0.0292 e. The SMILES string of the molecule is CC1CCC(C(NN)C2(C)CCCC2)CC1C. The second kappa shape index (κ2) is 5.27. The molecule has 4 atom stereocenters. The smallest absolute Gasteiger partial charge is 0.0292 e. The highest BCUT2D eigenvalue weighted by molar-refractivity contribution is 4.96. The predicted octanol–water partition coefficient (Wildman–Crippen LogP) is 3.47. The molecule has 2 saturated carbocycles. The highest BCUT2D eigenvalue weighted by Gasteiger charge is 2.42. The fraction of sp³-hybridized carbons (Fsp3) is 1.00. The molecular weight excluding hydrogens is 208 g/mol. The van der Waals surface area contributed by atoms with Gasteiger partial charge in [-0.25, -0.2) is 0 Å². The minimum atomic E-state index is 0.458. The Balaban J connectivity index is 2.03. The Labute approximate surface area is 107 Å². The molecule has 0 amide bonds. The molecule has 0 heterocycles. The monoisotopic (exact) mass is 238 g/mol. The molecule has 0 aliphatic heterocycles. The average Bonchev–Trinajstić information content (AvgIpc) is 2.72. The van der Waals surface area contributed by atoms with E-state index in [0.29, 0.717) is 11.5 Å². The van der Waals surface area contributed by atoms with E-state index in [1.165, 1.54) is 44.9 Å². The quantitative estimate of drug-likeness (QED) is 0.583. The highest BCUT2D eigenvalue weighted by atomic mass is 15.2. The van der Waals surface area contributed by atoms with Crippen LogP contribution in [0.1, 0.15) is 65.7 Å². The molecule has 2 nitrogen and oxygen atoms in total. The van der Waals surface area contributed by atoms with Crippen molar-refractivity contribution >= 4 is 0 Å². The van der Waals surface area contributed by atoms with Crippen LogP contribution < -0.4 is 11.3 Å². The van der Waals surface area contributed by atoms with Crippen LogP contribution in [0, 0.1) is 23.2 Å². The lowest BCUT2D eigenvalue weighted by Gasteiger charge is -2.43. The van der Waals surface area contributed by atoms with Gasteiger partial charge in [-0.3, -0.25) is 11.3 Å². The zero-order valence-corrected chi connectivity index (χ0v) is 11.8. The first-order chi connectivity index (χ1) is 8.07. The lowest BCUT2D eigenvalue weighted by atomic mass is 9.66. The van der Waals surface area contributed by atoms with Crippen molar-refractivity contribution in [3.8, 4) is 0 Å². The van der Waals surface area contributed by atoms with Crippen molar-refractivity contribution in [2.75, 3.05) is 0 Å². The van der Waals surface area contributed by atoms with Crippen molar-refractivity contribution in [2.45, 2.75) is 71.8 Å². The molecule has 4 unspecified atom stereocenters. The van der Waals surface area contributed by atoms with Crippen molar-refractivity contribution in [1.29, 1.82) is 0 Å². The molecule has 2 rings (SSSR count). The molecule has 17 heavy (non-hydrogen) atoms. The van der Waals surface area contributed by atoms with Crippen molar-refractivity contribution in [2.24, 2.45) is 29.0 Å². The maximum absolute atomic E-state index is 5.90. The zero-order chi connectivity index (χ0) is 12.5. The Morgan fingerprint density at radius 2 is 1.76 bits per heavy atom. The van der Waals surface area contributed by atoms with E-state index in [-0.39, 0.29) is 0 Å². The summed E-state index contributed by atoms with van der Waals surface area (Å²) < 4.78 is 0. The average molecular weight is 238 g/mol. The first-order valence-corrected chi connectivity index (χ1v) is 7.53. The van der Waals surface area contributed by atoms with Gasteiger partial charge in [0, 0.05) is 6.04 Å². The second-order valence-electron chi connectivity index (χ2n) is 7.03. The fourth-order valence-corrected chi connectivity index (χ4v) is 4.29. The molecule has 0 aromatic carbocycles. The summed E-state index contributed by atoms with van der Waals surface area (Å²) in [5.74, 6) is 8.47. The van der Waals surface area contributed by atoms with Gasteiger partial charge in [0.1, 0.15) is 0 Å². The van der Waals surface area contributed by atoms with Crippen LogP contribution in [0.4, 0.5) is 0 Å². The van der Waals surface area contributed by atoms with Crippen molar-refractivity contribution in [3.05, 3.63) is 0 Å². The molecule has 0 spiro atoms. The van der Waals surface area contributed by atoms with Gasteiger partial charge in [-0.1, -0.05) is 40.0 Å². The number of hydrogen-bond donors (Lipinski definition) is 2.